The quantitative estimate of drug-likeness (QED) is 0.782. The van der Waals surface area contributed by atoms with Gasteiger partial charge in [-0.1, -0.05) is 37.5 Å². The van der Waals surface area contributed by atoms with Crippen LogP contribution in [0.5, 0.6) is 0 Å². The molecule has 0 radical (unpaired) electrons. The number of hydrogen-bond acceptors (Lipinski definition) is 3. The molecule has 1 fully saturated rings. The molecule has 0 spiro atoms. The van der Waals surface area contributed by atoms with Gasteiger partial charge in [-0.05, 0) is 43.0 Å². The molecule has 1 saturated carbocycles. The molecule has 1 N–H and O–H groups in total. The Bertz CT molecular complexity index is 920. The van der Waals surface area contributed by atoms with Crippen LogP contribution in [0.15, 0.2) is 47.3 Å². The number of benzene rings is 1. The lowest BCUT2D eigenvalue weighted by atomic mass is 9.89. The van der Waals surface area contributed by atoms with Crippen molar-refractivity contribution in [2.24, 2.45) is 13.0 Å². The van der Waals surface area contributed by atoms with Crippen LogP contribution in [-0.2, 0) is 13.6 Å². The monoisotopic (exact) mass is 336 g/mol. The molecule has 0 amide bonds. The van der Waals surface area contributed by atoms with E-state index in [4.69, 9.17) is 0 Å². The van der Waals surface area contributed by atoms with Crippen molar-refractivity contribution >= 4 is 22.7 Å². The van der Waals surface area contributed by atoms with Crippen LogP contribution in [0, 0.1) is 5.92 Å². The van der Waals surface area contributed by atoms with Crippen molar-refractivity contribution in [3.05, 3.63) is 52.9 Å². The maximum atomic E-state index is 12.7. The van der Waals surface area contributed by atoms with Crippen LogP contribution in [0.2, 0.25) is 0 Å². The fraction of sp³-hybridized carbons (Fsp3) is 0.400. The average Bonchev–Trinajstić information content (AvgIpc) is 2.88. The fourth-order valence-electron chi connectivity index (χ4n) is 3.82. The largest absolute Gasteiger partial charge is 0.340 e. The standard InChI is InChI=1S/C20H24N4O/c1-23-19-17(24(20(23)25)14-15-8-4-2-5-9-15)12-13-18(22-19)21-16-10-6-3-7-11-16/h3,6-7,10-13,15H,2,4-5,8-9,14H2,1H3,(H,21,22). The van der Waals surface area contributed by atoms with E-state index in [0.717, 1.165) is 29.2 Å². The molecule has 25 heavy (non-hydrogen) atoms. The van der Waals surface area contributed by atoms with Crippen LogP contribution in [0.25, 0.3) is 11.2 Å². The van der Waals surface area contributed by atoms with Crippen LogP contribution >= 0.6 is 0 Å². The summed E-state index contributed by atoms with van der Waals surface area (Å²) in [5.74, 6) is 1.36. The van der Waals surface area contributed by atoms with E-state index in [1.807, 2.05) is 47.0 Å². The zero-order valence-corrected chi connectivity index (χ0v) is 14.6. The van der Waals surface area contributed by atoms with Gasteiger partial charge in [0.1, 0.15) is 5.82 Å². The smallest absolute Gasteiger partial charge is 0.330 e. The minimum Gasteiger partial charge on any atom is -0.340 e. The summed E-state index contributed by atoms with van der Waals surface area (Å²) in [6, 6.07) is 13.9. The van der Waals surface area contributed by atoms with Gasteiger partial charge in [0.15, 0.2) is 5.65 Å². The third-order valence-corrected chi connectivity index (χ3v) is 5.19. The van der Waals surface area contributed by atoms with Crippen molar-refractivity contribution in [2.75, 3.05) is 5.32 Å². The van der Waals surface area contributed by atoms with Crippen LogP contribution in [0.1, 0.15) is 32.1 Å². The number of imidazole rings is 1. The summed E-state index contributed by atoms with van der Waals surface area (Å²) >= 11 is 0. The maximum absolute atomic E-state index is 12.7. The normalized spacial score (nSPS) is 15.6. The van der Waals surface area contributed by atoms with Crippen LogP contribution in [0.4, 0.5) is 11.5 Å². The molecule has 1 aliphatic carbocycles. The van der Waals surface area contributed by atoms with E-state index in [0.29, 0.717) is 5.92 Å². The van der Waals surface area contributed by atoms with Crippen molar-refractivity contribution in [3.63, 3.8) is 0 Å². The Kier molecular flexibility index (Phi) is 4.30. The SMILES string of the molecule is Cn1c(=O)n(CC2CCCCC2)c2ccc(Nc3ccccc3)nc21. The van der Waals surface area contributed by atoms with Crippen molar-refractivity contribution in [2.45, 2.75) is 38.6 Å². The molecular weight excluding hydrogens is 312 g/mol. The van der Waals surface area contributed by atoms with Crippen molar-refractivity contribution in [1.29, 1.82) is 0 Å². The number of nitrogens with one attached hydrogen (secondary N) is 1. The average molecular weight is 336 g/mol. The molecule has 1 aliphatic rings. The molecule has 0 bridgehead atoms. The Morgan fingerprint density at radius 2 is 1.84 bits per heavy atom. The molecule has 130 valence electrons. The molecule has 5 heteroatoms. The van der Waals surface area contributed by atoms with Gasteiger partial charge in [-0.25, -0.2) is 9.78 Å². The summed E-state index contributed by atoms with van der Waals surface area (Å²) in [7, 11) is 1.81. The Hall–Kier alpha value is -2.56. The van der Waals surface area contributed by atoms with Gasteiger partial charge in [-0.2, -0.15) is 0 Å². The van der Waals surface area contributed by atoms with Gasteiger partial charge in [0.2, 0.25) is 0 Å². The molecule has 0 aliphatic heterocycles. The molecule has 0 atom stereocenters. The first-order chi connectivity index (χ1) is 12.2. The highest BCUT2D eigenvalue weighted by molar-refractivity contribution is 5.75. The van der Waals surface area contributed by atoms with Gasteiger partial charge in [-0.3, -0.25) is 9.13 Å². The molecular formula is C20H24N4O. The zero-order chi connectivity index (χ0) is 17.2. The summed E-state index contributed by atoms with van der Waals surface area (Å²) in [5.41, 5.74) is 2.68. The number of hydrogen-bond donors (Lipinski definition) is 1. The second-order valence-corrected chi connectivity index (χ2v) is 6.99. The third-order valence-electron chi connectivity index (χ3n) is 5.19. The first-order valence-electron chi connectivity index (χ1n) is 9.11. The molecule has 1 aromatic carbocycles. The van der Waals surface area contributed by atoms with Gasteiger partial charge >= 0.3 is 5.69 Å². The highest BCUT2D eigenvalue weighted by Gasteiger charge is 2.19. The highest BCUT2D eigenvalue weighted by atomic mass is 16.1. The van der Waals surface area contributed by atoms with Crippen molar-refractivity contribution in [1.82, 2.24) is 14.1 Å². The number of aryl methyl sites for hydroxylation is 1. The molecule has 2 heterocycles. The summed E-state index contributed by atoms with van der Waals surface area (Å²) in [4.78, 5) is 17.4. The summed E-state index contributed by atoms with van der Waals surface area (Å²) in [5, 5.41) is 3.30. The van der Waals surface area contributed by atoms with Gasteiger partial charge < -0.3 is 5.32 Å². The number of para-hydroxylation sites is 1. The van der Waals surface area contributed by atoms with Gasteiger partial charge in [-0.15, -0.1) is 0 Å². The lowest BCUT2D eigenvalue weighted by molar-refractivity contribution is 0.318. The Morgan fingerprint density at radius 1 is 1.08 bits per heavy atom. The molecule has 0 unspecified atom stereocenters. The minimum absolute atomic E-state index is 0.0323. The summed E-state index contributed by atoms with van der Waals surface area (Å²) in [6.07, 6.45) is 6.35. The highest BCUT2D eigenvalue weighted by Crippen LogP contribution is 2.26. The number of rotatable bonds is 4. The number of pyridine rings is 1. The Morgan fingerprint density at radius 3 is 2.60 bits per heavy atom. The fourth-order valence-corrected chi connectivity index (χ4v) is 3.82. The first-order valence-corrected chi connectivity index (χ1v) is 9.11. The van der Waals surface area contributed by atoms with E-state index in [-0.39, 0.29) is 5.69 Å². The first kappa shape index (κ1) is 15.9. The van der Waals surface area contributed by atoms with E-state index in [9.17, 15) is 4.79 Å². The van der Waals surface area contributed by atoms with Crippen LogP contribution < -0.4 is 11.0 Å². The Labute approximate surface area is 147 Å². The van der Waals surface area contributed by atoms with E-state index >= 15 is 0 Å². The van der Waals surface area contributed by atoms with E-state index in [2.05, 4.69) is 10.3 Å². The number of fused-ring (bicyclic) bond motifs is 1. The number of anilines is 2. The predicted octanol–water partition coefficient (Wildman–Crippen LogP) is 4.06. The van der Waals surface area contributed by atoms with E-state index in [1.165, 1.54) is 32.1 Å². The van der Waals surface area contributed by atoms with Crippen molar-refractivity contribution < 1.29 is 0 Å². The number of nitrogens with zero attached hydrogens (tertiary/aromatic N) is 3. The second-order valence-electron chi connectivity index (χ2n) is 6.99. The topological polar surface area (TPSA) is 51.9 Å². The summed E-state index contributed by atoms with van der Waals surface area (Å²) in [6.45, 7) is 0.809. The third kappa shape index (κ3) is 3.18. The maximum Gasteiger partial charge on any atom is 0.330 e. The van der Waals surface area contributed by atoms with Gasteiger partial charge in [0.05, 0.1) is 5.52 Å². The van der Waals surface area contributed by atoms with Gasteiger partial charge in [0, 0.05) is 19.3 Å². The molecule has 3 aromatic rings. The van der Waals surface area contributed by atoms with E-state index < -0.39 is 0 Å². The molecule has 4 rings (SSSR count). The zero-order valence-electron chi connectivity index (χ0n) is 14.6. The second kappa shape index (κ2) is 6.75. The molecule has 2 aromatic heterocycles. The van der Waals surface area contributed by atoms with Crippen LogP contribution in [-0.4, -0.2) is 14.1 Å². The summed E-state index contributed by atoms with van der Waals surface area (Å²) < 4.78 is 3.57. The Balaban J connectivity index is 1.66. The van der Waals surface area contributed by atoms with Crippen molar-refractivity contribution in [3.8, 4) is 0 Å². The predicted molar refractivity (Wildman–Crippen MR) is 101 cm³/mol. The van der Waals surface area contributed by atoms with E-state index in [1.54, 1.807) is 11.6 Å². The lowest BCUT2D eigenvalue weighted by Crippen LogP contribution is -2.26. The lowest BCUT2D eigenvalue weighted by Gasteiger charge is -2.21. The van der Waals surface area contributed by atoms with Crippen LogP contribution in [0.3, 0.4) is 0 Å². The minimum atomic E-state index is 0.0323. The number of aromatic nitrogens is 3. The molecule has 5 nitrogen and oxygen atoms in total. The molecule has 0 saturated heterocycles. The van der Waals surface area contributed by atoms with Gasteiger partial charge in [0.25, 0.3) is 0 Å².